The molecular weight excluding hydrogens is 436 g/mol. The highest BCUT2D eigenvalue weighted by Gasteiger charge is 2.23. The summed E-state index contributed by atoms with van der Waals surface area (Å²) in [5.41, 5.74) is 3.82. The van der Waals surface area contributed by atoms with Gasteiger partial charge in [0.25, 0.3) is 5.91 Å². The first-order chi connectivity index (χ1) is 17.0. The van der Waals surface area contributed by atoms with Crippen LogP contribution in [0.15, 0.2) is 48.5 Å². The Hall–Kier alpha value is -3.15. The Morgan fingerprint density at radius 1 is 1.00 bits per heavy atom. The third-order valence-corrected chi connectivity index (χ3v) is 7.22. The number of carbonyl (C=O) groups is 2. The average molecular weight is 475 g/mol. The Kier molecular flexibility index (Phi) is 8.56. The number of nitrogens with one attached hydrogen (secondary N) is 1. The molecule has 0 radical (unpaired) electrons. The van der Waals surface area contributed by atoms with Gasteiger partial charge in [-0.2, -0.15) is 0 Å². The molecule has 0 aliphatic heterocycles. The maximum Gasteiger partial charge on any atom is 0.251 e. The van der Waals surface area contributed by atoms with Crippen molar-refractivity contribution < 1.29 is 9.59 Å². The Labute approximate surface area is 208 Å². The normalized spacial score (nSPS) is 14.2. The fourth-order valence-corrected chi connectivity index (χ4v) is 5.01. The van der Waals surface area contributed by atoms with Crippen molar-refractivity contribution in [2.24, 2.45) is 0 Å². The van der Waals surface area contributed by atoms with Crippen molar-refractivity contribution in [2.45, 2.75) is 77.3 Å². The van der Waals surface area contributed by atoms with Crippen LogP contribution in [0.4, 0.5) is 0 Å². The number of nitrogens with zero attached hydrogens (tertiary/aromatic N) is 3. The number of rotatable bonds is 10. The molecule has 6 nitrogen and oxygen atoms in total. The molecule has 35 heavy (non-hydrogen) atoms. The summed E-state index contributed by atoms with van der Waals surface area (Å²) >= 11 is 0. The van der Waals surface area contributed by atoms with E-state index in [-0.39, 0.29) is 11.8 Å². The molecule has 0 bridgehead atoms. The van der Waals surface area contributed by atoms with Crippen molar-refractivity contribution in [1.82, 2.24) is 19.8 Å². The Morgan fingerprint density at radius 3 is 2.51 bits per heavy atom. The molecule has 1 fully saturated rings. The van der Waals surface area contributed by atoms with Crippen molar-refractivity contribution in [1.29, 1.82) is 0 Å². The number of fused-ring (bicyclic) bond motifs is 1. The molecule has 1 aliphatic rings. The van der Waals surface area contributed by atoms with Gasteiger partial charge in [-0.1, -0.05) is 55.5 Å². The van der Waals surface area contributed by atoms with Crippen molar-refractivity contribution in [3.8, 4) is 0 Å². The highest BCUT2D eigenvalue weighted by atomic mass is 16.2. The zero-order valence-corrected chi connectivity index (χ0v) is 21.1. The summed E-state index contributed by atoms with van der Waals surface area (Å²) in [6.45, 7) is 3.02. The molecule has 1 aliphatic carbocycles. The maximum absolute atomic E-state index is 13.2. The number of hydrogen-bond acceptors (Lipinski definition) is 3. The summed E-state index contributed by atoms with van der Waals surface area (Å²) in [7, 11) is 1.96. The van der Waals surface area contributed by atoms with E-state index < -0.39 is 0 Å². The molecule has 1 saturated carbocycles. The van der Waals surface area contributed by atoms with Gasteiger partial charge in [-0.15, -0.1) is 0 Å². The van der Waals surface area contributed by atoms with Crippen LogP contribution in [0, 0.1) is 6.92 Å². The van der Waals surface area contributed by atoms with E-state index in [9.17, 15) is 9.59 Å². The van der Waals surface area contributed by atoms with E-state index in [4.69, 9.17) is 4.98 Å². The van der Waals surface area contributed by atoms with E-state index in [2.05, 4.69) is 16.0 Å². The molecular formula is C29H38N4O2. The van der Waals surface area contributed by atoms with Gasteiger partial charge < -0.3 is 14.8 Å². The lowest BCUT2D eigenvalue weighted by Crippen LogP contribution is -2.40. The number of imidazole rings is 1. The number of hydrogen-bond donors (Lipinski definition) is 1. The maximum atomic E-state index is 13.2. The van der Waals surface area contributed by atoms with Gasteiger partial charge in [0.1, 0.15) is 12.4 Å². The first kappa shape index (κ1) is 25.0. The van der Waals surface area contributed by atoms with Gasteiger partial charge in [0.15, 0.2) is 0 Å². The molecule has 1 N–H and O–H groups in total. The zero-order chi connectivity index (χ0) is 24.6. The van der Waals surface area contributed by atoms with Gasteiger partial charge in [-0.05, 0) is 56.9 Å². The van der Waals surface area contributed by atoms with Crippen LogP contribution in [0.3, 0.4) is 0 Å². The quantitative estimate of drug-likeness (QED) is 0.407. The first-order valence-electron chi connectivity index (χ1n) is 13.1. The van der Waals surface area contributed by atoms with Crippen LogP contribution in [0.5, 0.6) is 0 Å². The van der Waals surface area contributed by atoms with Crippen LogP contribution in [-0.4, -0.2) is 45.9 Å². The van der Waals surface area contributed by atoms with Crippen LogP contribution >= 0.6 is 0 Å². The standard InChI is InChI=1S/C29H38N4O2/c1-22-16-18-23(19-17-22)29(35)30-20-10-4-7-15-27-31-25-13-8-9-14-26(25)33(27)21-28(34)32(2)24-11-5-3-6-12-24/h8-9,13-14,16-19,24H,3-7,10-12,15,20-21H2,1-2H3,(H,30,35). The molecule has 4 rings (SSSR count). The van der Waals surface area contributed by atoms with E-state index in [0.717, 1.165) is 60.9 Å². The topological polar surface area (TPSA) is 67.2 Å². The fraction of sp³-hybridized carbons (Fsp3) is 0.483. The van der Waals surface area contributed by atoms with Crippen LogP contribution in [0.1, 0.15) is 73.1 Å². The lowest BCUT2D eigenvalue weighted by Gasteiger charge is -2.31. The van der Waals surface area contributed by atoms with Gasteiger partial charge in [-0.25, -0.2) is 4.98 Å². The molecule has 1 aromatic heterocycles. The molecule has 0 spiro atoms. The van der Waals surface area contributed by atoms with Gasteiger partial charge in [0.05, 0.1) is 11.0 Å². The largest absolute Gasteiger partial charge is 0.352 e. The van der Waals surface area contributed by atoms with Crippen molar-refractivity contribution in [3.63, 3.8) is 0 Å². The molecule has 0 saturated heterocycles. The summed E-state index contributed by atoms with van der Waals surface area (Å²) in [4.78, 5) is 32.2. The minimum absolute atomic E-state index is 0.0209. The summed E-state index contributed by atoms with van der Waals surface area (Å²) in [5, 5.41) is 3.01. The predicted octanol–water partition coefficient (Wildman–Crippen LogP) is 5.28. The summed E-state index contributed by atoms with van der Waals surface area (Å²) in [5.74, 6) is 1.12. The molecule has 2 aromatic carbocycles. The third kappa shape index (κ3) is 6.50. The third-order valence-electron chi connectivity index (χ3n) is 7.22. The van der Waals surface area contributed by atoms with E-state index in [1.165, 1.54) is 19.3 Å². The Balaban J connectivity index is 1.30. The van der Waals surface area contributed by atoms with Gasteiger partial charge in [-0.3, -0.25) is 9.59 Å². The SMILES string of the molecule is Cc1ccc(C(=O)NCCCCCc2nc3ccccc3n2CC(=O)N(C)C2CCCCC2)cc1. The number of aromatic nitrogens is 2. The minimum Gasteiger partial charge on any atom is -0.352 e. The number of carbonyl (C=O) groups excluding carboxylic acids is 2. The molecule has 3 aromatic rings. The number of likely N-dealkylation sites (N-methyl/N-ethyl adjacent to an activating group) is 1. The molecule has 6 heteroatoms. The van der Waals surface area contributed by atoms with E-state index in [1.54, 1.807) is 0 Å². The lowest BCUT2D eigenvalue weighted by molar-refractivity contribution is -0.133. The monoisotopic (exact) mass is 474 g/mol. The van der Waals surface area contributed by atoms with Crippen molar-refractivity contribution in [3.05, 3.63) is 65.5 Å². The second-order valence-electron chi connectivity index (χ2n) is 9.83. The summed E-state index contributed by atoms with van der Waals surface area (Å²) < 4.78 is 2.11. The smallest absolute Gasteiger partial charge is 0.251 e. The van der Waals surface area contributed by atoms with Crippen molar-refractivity contribution in [2.75, 3.05) is 13.6 Å². The Bertz CT molecular complexity index is 1130. The summed E-state index contributed by atoms with van der Waals surface area (Å²) in [6, 6.07) is 16.1. The van der Waals surface area contributed by atoms with Crippen LogP contribution in [0.2, 0.25) is 0 Å². The lowest BCUT2D eigenvalue weighted by atomic mass is 9.94. The predicted molar refractivity (Wildman–Crippen MR) is 140 cm³/mol. The molecule has 186 valence electrons. The van der Waals surface area contributed by atoms with Crippen LogP contribution in [0.25, 0.3) is 11.0 Å². The van der Waals surface area contributed by atoms with E-state index >= 15 is 0 Å². The number of benzene rings is 2. The number of para-hydroxylation sites is 2. The highest BCUT2D eigenvalue weighted by Crippen LogP contribution is 2.23. The molecule has 0 atom stereocenters. The number of unbranched alkanes of at least 4 members (excludes halogenated alkanes) is 2. The number of aryl methyl sites for hydroxylation is 2. The van der Waals surface area contributed by atoms with E-state index in [1.807, 2.05) is 61.3 Å². The van der Waals surface area contributed by atoms with Gasteiger partial charge >= 0.3 is 0 Å². The van der Waals surface area contributed by atoms with Crippen molar-refractivity contribution >= 4 is 22.8 Å². The average Bonchev–Trinajstić information content (AvgIpc) is 3.23. The van der Waals surface area contributed by atoms with Gasteiger partial charge in [0.2, 0.25) is 5.91 Å². The molecule has 2 amide bonds. The van der Waals surface area contributed by atoms with Gasteiger partial charge in [0, 0.05) is 31.6 Å². The Morgan fingerprint density at radius 2 is 1.74 bits per heavy atom. The number of amides is 2. The van der Waals surface area contributed by atoms with Crippen LogP contribution in [-0.2, 0) is 17.8 Å². The highest BCUT2D eigenvalue weighted by molar-refractivity contribution is 5.94. The first-order valence-corrected chi connectivity index (χ1v) is 13.1. The minimum atomic E-state index is -0.0209. The second-order valence-corrected chi connectivity index (χ2v) is 9.83. The summed E-state index contributed by atoms with van der Waals surface area (Å²) in [6.07, 6.45) is 9.64. The van der Waals surface area contributed by atoms with Crippen LogP contribution < -0.4 is 5.32 Å². The second kappa shape index (κ2) is 12.0. The fourth-order valence-electron chi connectivity index (χ4n) is 5.01. The molecule has 0 unspecified atom stereocenters. The molecule has 1 heterocycles. The van der Waals surface area contributed by atoms with E-state index in [0.29, 0.717) is 24.7 Å². The zero-order valence-electron chi connectivity index (χ0n) is 21.1.